The molecule has 0 atom stereocenters. The van der Waals surface area contributed by atoms with Crippen molar-refractivity contribution in [3.63, 3.8) is 0 Å². The number of fused-ring (bicyclic) bond motifs is 5. The van der Waals surface area contributed by atoms with Crippen molar-refractivity contribution >= 4 is 17.4 Å². The molecule has 33 heavy (non-hydrogen) atoms. The number of nitrogens with two attached hydrogens (primary N) is 1. The molecule has 0 spiro atoms. The van der Waals surface area contributed by atoms with Crippen LogP contribution in [0.1, 0.15) is 11.1 Å². The zero-order chi connectivity index (χ0) is 22.9. The monoisotopic (exact) mass is 434 g/mol. The second-order valence-corrected chi connectivity index (χ2v) is 7.13. The highest BCUT2D eigenvalue weighted by Gasteiger charge is 2.26. The third kappa shape index (κ3) is 3.38. The average Bonchev–Trinajstić information content (AvgIpc) is 3.22. The van der Waals surface area contributed by atoms with Crippen molar-refractivity contribution in [2.45, 2.75) is 0 Å². The number of primary amides is 1. The largest absolute Gasteiger partial charge is 0.484 e. The number of hydrogen-bond donors (Lipinski definition) is 3. The van der Waals surface area contributed by atoms with E-state index in [1.165, 1.54) is 12.1 Å². The van der Waals surface area contributed by atoms with Crippen molar-refractivity contribution in [1.82, 2.24) is 19.9 Å². The minimum Gasteiger partial charge on any atom is -0.484 e. The highest BCUT2D eigenvalue weighted by molar-refractivity contribution is 5.95. The Bertz CT molecular complexity index is 1410. The number of aromatic amines is 1. The van der Waals surface area contributed by atoms with Crippen molar-refractivity contribution in [1.29, 1.82) is 10.5 Å². The molecule has 1 amide bonds. The number of nitrogens with one attached hydrogen (secondary N) is 2. The predicted molar refractivity (Wildman–Crippen MR) is 118 cm³/mol. The molecule has 3 aromatic heterocycles. The highest BCUT2D eigenvalue weighted by Crippen LogP contribution is 2.43. The molecule has 1 aliphatic heterocycles. The van der Waals surface area contributed by atoms with Crippen LogP contribution in [0.5, 0.6) is 5.75 Å². The molecule has 0 bridgehead atoms. The van der Waals surface area contributed by atoms with E-state index in [0.717, 1.165) is 16.8 Å². The second-order valence-electron chi connectivity index (χ2n) is 7.13. The summed E-state index contributed by atoms with van der Waals surface area (Å²) in [5.41, 5.74) is 9.40. The molecule has 0 saturated heterocycles. The number of carbonyl (C=O) groups excluding carboxylic acids is 1. The Balaban J connectivity index is 1.73. The fourth-order valence-corrected chi connectivity index (χ4v) is 3.70. The second kappa shape index (κ2) is 7.80. The van der Waals surface area contributed by atoms with Gasteiger partial charge in [-0.25, -0.2) is 9.97 Å². The van der Waals surface area contributed by atoms with E-state index < -0.39 is 5.91 Å². The number of pyridine rings is 2. The number of hydrogen-bond acceptors (Lipinski definition) is 8. The lowest BCUT2D eigenvalue weighted by Gasteiger charge is -2.10. The number of benzene rings is 1. The fraction of sp³-hybridized carbons (Fsp3) is 0.0435. The SMILES string of the molecule is N#Cc1cc(OCC(N)=O)cc(C#N)c1-c1nc2c([nH]1)-c1ccncc1Nc1ncccc1-2. The maximum absolute atomic E-state index is 11.0. The molecular weight excluding hydrogens is 420 g/mol. The summed E-state index contributed by atoms with van der Waals surface area (Å²) in [5.74, 6) is 0.475. The lowest BCUT2D eigenvalue weighted by atomic mass is 10.0. The summed E-state index contributed by atoms with van der Waals surface area (Å²) in [4.78, 5) is 27.7. The van der Waals surface area contributed by atoms with Gasteiger partial charge in [0.15, 0.2) is 6.61 Å². The van der Waals surface area contributed by atoms with Crippen LogP contribution in [-0.4, -0.2) is 32.4 Å². The molecule has 4 heterocycles. The van der Waals surface area contributed by atoms with Crippen molar-refractivity contribution in [2.24, 2.45) is 5.73 Å². The van der Waals surface area contributed by atoms with Crippen molar-refractivity contribution in [2.75, 3.05) is 11.9 Å². The molecule has 0 fully saturated rings. The minimum atomic E-state index is -0.667. The number of rotatable bonds is 4. The van der Waals surface area contributed by atoms with Gasteiger partial charge in [-0.1, -0.05) is 0 Å². The Kier molecular flexibility index (Phi) is 4.66. The third-order valence-corrected chi connectivity index (χ3v) is 5.08. The van der Waals surface area contributed by atoms with E-state index in [4.69, 9.17) is 15.5 Å². The Morgan fingerprint density at radius 3 is 2.64 bits per heavy atom. The van der Waals surface area contributed by atoms with Gasteiger partial charge in [-0.3, -0.25) is 9.78 Å². The van der Waals surface area contributed by atoms with Gasteiger partial charge in [0.05, 0.1) is 34.3 Å². The van der Waals surface area contributed by atoms with Crippen LogP contribution in [0.3, 0.4) is 0 Å². The van der Waals surface area contributed by atoms with Gasteiger partial charge in [-0.2, -0.15) is 10.5 Å². The summed E-state index contributed by atoms with van der Waals surface area (Å²) in [6, 6.07) is 12.6. The van der Waals surface area contributed by atoms with Gasteiger partial charge >= 0.3 is 0 Å². The number of nitriles is 2. The lowest BCUT2D eigenvalue weighted by Crippen LogP contribution is -2.20. The number of H-pyrrole nitrogens is 1. The molecule has 0 aliphatic carbocycles. The van der Waals surface area contributed by atoms with Crippen LogP contribution in [0.25, 0.3) is 33.9 Å². The van der Waals surface area contributed by atoms with Crippen molar-refractivity contribution in [3.05, 3.63) is 60.0 Å². The first kappa shape index (κ1) is 19.7. The summed E-state index contributed by atoms with van der Waals surface area (Å²) >= 11 is 0. The van der Waals surface area contributed by atoms with Crippen LogP contribution in [-0.2, 0) is 4.79 Å². The molecule has 1 aromatic carbocycles. The van der Waals surface area contributed by atoms with Gasteiger partial charge < -0.3 is 20.8 Å². The van der Waals surface area contributed by atoms with Crippen LogP contribution in [0, 0.1) is 22.7 Å². The first-order valence-electron chi connectivity index (χ1n) is 9.75. The van der Waals surface area contributed by atoms with E-state index in [1.54, 1.807) is 24.7 Å². The lowest BCUT2D eigenvalue weighted by molar-refractivity contribution is -0.119. The number of anilines is 2. The molecule has 158 valence electrons. The summed E-state index contributed by atoms with van der Waals surface area (Å²) < 4.78 is 5.30. The Hall–Kier alpha value is -5.22. The Morgan fingerprint density at radius 1 is 1.12 bits per heavy atom. The van der Waals surface area contributed by atoms with E-state index >= 15 is 0 Å². The van der Waals surface area contributed by atoms with E-state index in [2.05, 4.69) is 32.4 Å². The Morgan fingerprint density at radius 2 is 1.91 bits per heavy atom. The van der Waals surface area contributed by atoms with Crippen molar-refractivity contribution in [3.8, 4) is 51.8 Å². The number of aromatic nitrogens is 4. The maximum Gasteiger partial charge on any atom is 0.255 e. The number of imidazole rings is 1. The van der Waals surface area contributed by atoms with Gasteiger partial charge in [-0.05, 0) is 30.3 Å². The number of nitrogens with zero attached hydrogens (tertiary/aromatic N) is 5. The van der Waals surface area contributed by atoms with Gasteiger partial charge in [0.25, 0.3) is 5.91 Å². The van der Waals surface area contributed by atoms with Crippen molar-refractivity contribution < 1.29 is 9.53 Å². The van der Waals surface area contributed by atoms with Gasteiger partial charge in [0, 0.05) is 23.5 Å². The molecule has 1 aliphatic rings. The molecule has 0 radical (unpaired) electrons. The topological polar surface area (TPSA) is 166 Å². The number of carbonyl (C=O) groups is 1. The van der Waals surface area contributed by atoms with Gasteiger partial charge in [0.2, 0.25) is 0 Å². The van der Waals surface area contributed by atoms with Crippen LogP contribution in [0.4, 0.5) is 11.5 Å². The van der Waals surface area contributed by atoms with Crippen LogP contribution in [0.15, 0.2) is 48.9 Å². The minimum absolute atomic E-state index is 0.164. The smallest absolute Gasteiger partial charge is 0.255 e. The van der Waals surface area contributed by atoms with Crippen LogP contribution in [0.2, 0.25) is 0 Å². The average molecular weight is 434 g/mol. The van der Waals surface area contributed by atoms with E-state index in [-0.39, 0.29) is 23.5 Å². The van der Waals surface area contributed by atoms with E-state index in [9.17, 15) is 15.3 Å². The van der Waals surface area contributed by atoms with Crippen LogP contribution < -0.4 is 15.8 Å². The first-order valence-corrected chi connectivity index (χ1v) is 9.75. The normalized spacial score (nSPS) is 11.0. The summed E-state index contributed by atoms with van der Waals surface area (Å²) in [5, 5.41) is 22.9. The van der Waals surface area contributed by atoms with Crippen LogP contribution >= 0.6 is 0 Å². The van der Waals surface area contributed by atoms with E-state index in [1.807, 2.05) is 12.1 Å². The molecular formula is C23H14N8O2. The van der Waals surface area contributed by atoms with Gasteiger partial charge in [-0.15, -0.1) is 0 Å². The summed E-state index contributed by atoms with van der Waals surface area (Å²) in [6.07, 6.45) is 5.03. The third-order valence-electron chi connectivity index (χ3n) is 5.08. The molecule has 0 saturated carbocycles. The van der Waals surface area contributed by atoms with E-state index in [0.29, 0.717) is 28.6 Å². The molecule has 4 aromatic rings. The number of ether oxygens (including phenoxy) is 1. The Labute approximate surface area is 187 Å². The predicted octanol–water partition coefficient (Wildman–Crippen LogP) is 2.87. The molecule has 5 rings (SSSR count). The maximum atomic E-state index is 11.0. The molecule has 10 nitrogen and oxygen atoms in total. The molecule has 0 unspecified atom stereocenters. The zero-order valence-electron chi connectivity index (χ0n) is 17.0. The number of amides is 1. The first-order chi connectivity index (χ1) is 16.1. The summed E-state index contributed by atoms with van der Waals surface area (Å²) in [6.45, 7) is -0.369. The quantitative estimate of drug-likeness (QED) is 0.388. The standard InChI is InChI=1S/C23H14N8O2/c24-8-12-6-14(33-11-18(26)32)7-13(9-25)19(12)23-30-20-15-3-5-27-10-17(15)29-22-16(21(20)31-23)2-1-4-28-22/h1-7,10H,11H2,(H2,26,32)(H,28,29)(H,30,31). The highest BCUT2D eigenvalue weighted by atomic mass is 16.5. The zero-order valence-corrected chi connectivity index (χ0v) is 17.0. The summed E-state index contributed by atoms with van der Waals surface area (Å²) in [7, 11) is 0. The fourth-order valence-electron chi connectivity index (χ4n) is 3.70. The molecule has 4 N–H and O–H groups in total. The molecule has 10 heteroatoms. The van der Waals surface area contributed by atoms with Gasteiger partial charge in [0.1, 0.15) is 35.2 Å².